The minimum Gasteiger partial charge on any atom is -0.744 e. The number of fused-ring (bicyclic) bond motifs is 12. The summed E-state index contributed by atoms with van der Waals surface area (Å²) in [5, 5.41) is 87.4. The Hall–Kier alpha value is -10.1. The number of carboxylic acid groups (broad SMARTS) is 2. The van der Waals surface area contributed by atoms with Crippen LogP contribution in [0.2, 0.25) is 0 Å². The first-order valence-electron chi connectivity index (χ1n) is 37.9. The number of aromatic carboxylic acids is 2. The van der Waals surface area contributed by atoms with E-state index in [0.29, 0.717) is 18.1 Å². The van der Waals surface area contributed by atoms with E-state index in [1.807, 2.05) is 0 Å². The second kappa shape index (κ2) is 47.1. The van der Waals surface area contributed by atoms with Crippen LogP contribution >= 0.6 is 36.1 Å². The first-order chi connectivity index (χ1) is 63.6. The molecule has 58 heteroatoms. The molecule has 5 heterocycles. The van der Waals surface area contributed by atoms with Crippen LogP contribution in [-0.4, -0.2) is 126 Å². The van der Waals surface area contributed by atoms with Gasteiger partial charge in [-0.2, -0.15) is 42.9 Å². The molecule has 674 valence electrons. The Bertz CT molecular complexity index is 7950. The van der Waals surface area contributed by atoms with Gasteiger partial charge in [0.1, 0.15) is 41.9 Å². The molecule has 0 fully saturated rings. The first kappa shape index (κ1) is 114. The van der Waals surface area contributed by atoms with Crippen LogP contribution in [0.4, 0.5) is 57.9 Å². The monoisotopic (exact) mass is 1970 g/mol. The fourth-order valence-corrected chi connectivity index (χ4v) is 18.5. The zero-order valence-electron chi connectivity index (χ0n) is 74.7. The average Bonchev–Trinajstić information content (AvgIpc) is 0.709. The number of aryl methyl sites for hydroxylation is 2. The van der Waals surface area contributed by atoms with Crippen molar-refractivity contribution in [1.82, 2.24) is 39.0 Å². The smallest absolute Gasteiger partial charge is 0.744 e. The van der Waals surface area contributed by atoms with Gasteiger partial charge < -0.3 is 99.7 Å². The van der Waals surface area contributed by atoms with E-state index >= 15 is 9.59 Å². The molecule has 0 radical (unpaired) electrons. The number of ketones is 4. The molecule has 3 aliphatic rings. The Balaban J connectivity index is 0.00000278. The molecule has 2 aliphatic carbocycles. The molecule has 0 saturated carbocycles. The van der Waals surface area contributed by atoms with E-state index in [2.05, 4.69) is 89.9 Å². The predicted molar refractivity (Wildman–Crippen MR) is 451 cm³/mol. The van der Waals surface area contributed by atoms with Crippen molar-refractivity contribution in [1.29, 1.82) is 0 Å². The van der Waals surface area contributed by atoms with E-state index in [-0.39, 0.29) is 317 Å². The number of hydrogen-bond acceptors (Lipinski definition) is 45. The molecular formula is C83H48Li8N14O30S6. The number of rotatable bonds is 26. The first-order valence-corrected chi connectivity index (χ1v) is 44.3. The summed E-state index contributed by atoms with van der Waals surface area (Å²) in [7, 11) is -13.9. The van der Waals surface area contributed by atoms with E-state index in [4.69, 9.17) is 9.47 Å². The normalized spacial score (nSPS) is 12.1. The molecule has 0 atom stereocenters. The van der Waals surface area contributed by atoms with E-state index in [1.165, 1.54) is 123 Å². The summed E-state index contributed by atoms with van der Waals surface area (Å²) in [5.74, 6) is -9.73. The predicted octanol–water partition coefficient (Wildman–Crippen LogP) is -18.2. The Morgan fingerprint density at radius 1 is 0.404 bits per heavy atom. The van der Waals surface area contributed by atoms with Crippen LogP contribution in [0, 0.1) is 0 Å². The Kier molecular flexibility index (Phi) is 38.3. The SMILES string of the molecule is Cn1c(=O)c(C(=O)c2cccc(S(=O)(=O)[O-])c2)c2c3c(c(Nc4cc(Nc5nc6nc(n5)Oc5cc(cc(C(=O)[O-])c5)Cc5cc(cc(C(=O)[O-])c5)Oc5nc(nc(Nc7cc(Nc8ccc9c%10c8C(=O)c8ccccc8-c%10c(C(=O)c8cccc(SOO[O-])c8)c(=O)n9C)c(S(=O)(=O)[O-])cc7SOO[O-])n5)NCCN6)c(S(=O)(=O)[O-])cc4SOO[O-])ccc31)C(=O)c1ccccc1-2.[Li+].[Li+].[Li+].[Li+].[Li+].[Li+].[Li+].[Li+]. The standard InChI is InChI=1S/C83H56N14O30S6.8Li/c1-96-57-20-18-51(65-67(57)62(46-13-3-6-16-49(46)73(65)101)68(74(96)102)70(98)38-9-7-11-44(30-38)128-125-122-108)87-54-33-53(59(130-127-124-110)35-60(54)132(114,115)116)88-80-90-78-84-21-22-85-79-91-81(95-83(93-79)121-43-27-37(25-41(29-43)77(106)107)23-36-24-40(76(104)105)28-42(26-36)120-82(92-78)94-80)89-55-32-52(58(129-126-123-109)34-61(55)133(117,118)119)86-50-17-19-56-66-63(47-14-4-5-15-48(47)72(100)64(50)66)69(75(103)97(56)2)71(99)39-10-8-12-45(31-39)131(111,112)113;;;;;;;;/h3-20,24-35,86-87,108-110H,21-23H2,1-2H3,(H,104,105)(H,106,107)(H,111,112,113)(H,114,115,116)(H,117,118,119)(H2,84,88,90,92,94)(H2,85,89,91,93,95);;;;;;;;/q;8*+1/p-8. The number of carbonyl (C=O) groups is 6. The van der Waals surface area contributed by atoms with Crippen molar-refractivity contribution in [3.63, 3.8) is 0 Å². The van der Waals surface area contributed by atoms with Gasteiger partial charge in [-0.1, -0.05) is 72.8 Å². The van der Waals surface area contributed by atoms with E-state index in [9.17, 15) is 93.7 Å². The molecule has 0 saturated heterocycles. The van der Waals surface area contributed by atoms with E-state index in [1.54, 1.807) is 6.07 Å². The van der Waals surface area contributed by atoms with Crippen molar-refractivity contribution in [3.05, 3.63) is 269 Å². The number of pyridine rings is 2. The Morgan fingerprint density at radius 3 is 1.23 bits per heavy atom. The summed E-state index contributed by atoms with van der Waals surface area (Å²) >= 11 is 0.572. The summed E-state index contributed by atoms with van der Waals surface area (Å²) in [6.07, 6.45) is -0.372. The van der Waals surface area contributed by atoms with Crippen LogP contribution in [-0.2, 0) is 79.0 Å². The second-order valence-electron chi connectivity index (χ2n) is 28.7. The van der Waals surface area contributed by atoms with Gasteiger partial charge in [0.25, 0.3) is 11.1 Å². The van der Waals surface area contributed by atoms with Gasteiger partial charge in [0.2, 0.25) is 23.8 Å². The molecule has 14 aromatic rings. The summed E-state index contributed by atoms with van der Waals surface area (Å²) in [4.78, 5) is 138. The van der Waals surface area contributed by atoms with Crippen LogP contribution in [0.25, 0.3) is 44.1 Å². The minimum atomic E-state index is -5.72. The molecule has 0 amide bonds. The zero-order valence-corrected chi connectivity index (χ0v) is 79.6. The summed E-state index contributed by atoms with van der Waals surface area (Å²) in [6, 6.07) is 35.5. The number of aromatic nitrogens is 8. The van der Waals surface area contributed by atoms with Gasteiger partial charge in [0, 0.05) is 87.4 Å². The number of hydrogen-bond donors (Lipinski definition) is 6. The van der Waals surface area contributed by atoms with Gasteiger partial charge >= 0.3 is 163 Å². The summed E-state index contributed by atoms with van der Waals surface area (Å²) < 4.78 is 146. The Labute approximate surface area is 903 Å². The fourth-order valence-electron chi connectivity index (χ4n) is 15.2. The molecule has 141 heavy (non-hydrogen) atoms. The maximum absolute atomic E-state index is 15.2. The summed E-state index contributed by atoms with van der Waals surface area (Å²) in [6.45, 7) is -0.667. The molecule has 0 spiro atoms. The second-order valence-corrected chi connectivity index (χ2v) is 35.1. The number of carbonyl (C=O) groups excluding carboxylic acids is 6. The van der Waals surface area contributed by atoms with Gasteiger partial charge in [-0.15, -0.1) is 0 Å². The maximum Gasteiger partial charge on any atom is 1.00 e. The third kappa shape index (κ3) is 23.8. The fraction of sp³-hybridized carbons (Fsp3) is 0.0602. The van der Waals surface area contributed by atoms with Gasteiger partial charge in [0.05, 0.1) is 140 Å². The van der Waals surface area contributed by atoms with Gasteiger partial charge in [0.15, 0.2) is 23.1 Å². The molecule has 10 aromatic carbocycles. The molecule has 6 N–H and O–H groups in total. The molecule has 44 nitrogen and oxygen atoms in total. The average molecular weight is 1970 g/mol. The van der Waals surface area contributed by atoms with Crippen LogP contribution in [0.5, 0.6) is 23.5 Å². The number of nitrogens with zero attached hydrogens (tertiary/aromatic N) is 8. The van der Waals surface area contributed by atoms with Crippen molar-refractivity contribution in [2.24, 2.45) is 14.1 Å². The maximum atomic E-state index is 15.2. The largest absolute Gasteiger partial charge is 1.00 e. The van der Waals surface area contributed by atoms with Crippen molar-refractivity contribution >= 4 is 181 Å². The van der Waals surface area contributed by atoms with Gasteiger partial charge in [-0.25, -0.2) is 25.3 Å². The van der Waals surface area contributed by atoms with Crippen molar-refractivity contribution in [2.75, 3.05) is 45.0 Å². The van der Waals surface area contributed by atoms with Crippen molar-refractivity contribution in [2.45, 2.75) is 35.8 Å². The van der Waals surface area contributed by atoms with Crippen LogP contribution in [0.3, 0.4) is 0 Å². The number of benzene rings is 10. The van der Waals surface area contributed by atoms with Crippen molar-refractivity contribution < 1.29 is 282 Å². The van der Waals surface area contributed by atoms with Crippen molar-refractivity contribution in [3.8, 4) is 45.8 Å². The van der Waals surface area contributed by atoms with E-state index in [0.717, 1.165) is 69.8 Å². The topological polar surface area (TPSA) is 657 Å². The number of anilines is 10. The van der Waals surface area contributed by atoms with Gasteiger partial charge in [-0.05, 0) is 138 Å². The molecule has 0 unspecified atom stereocenters. The molecule has 17 rings (SSSR count). The van der Waals surface area contributed by atoms with Gasteiger partial charge in [-0.3, -0.25) is 43.9 Å². The van der Waals surface area contributed by atoms with Crippen LogP contribution < -0.4 is 229 Å². The molecule has 4 aromatic heterocycles. The van der Waals surface area contributed by atoms with Crippen LogP contribution in [0.15, 0.2) is 221 Å². The van der Waals surface area contributed by atoms with E-state index < -0.39 is 176 Å². The number of ether oxygens (including phenoxy) is 2. The zero-order chi connectivity index (χ0) is 94.0. The third-order valence-electron chi connectivity index (χ3n) is 20.7. The molecule has 8 bridgehead atoms. The summed E-state index contributed by atoms with van der Waals surface area (Å²) in [5.41, 5.74) is -6.96. The number of carboxylic acids is 2. The Morgan fingerprint density at radius 2 is 0.801 bits per heavy atom. The minimum absolute atomic E-state index is 0. The molecule has 1 aliphatic heterocycles. The molecular weight excluding hydrogens is 1920 g/mol. The van der Waals surface area contributed by atoms with Crippen LogP contribution in [0.1, 0.15) is 95.5 Å². The number of nitrogens with one attached hydrogen (secondary N) is 6. The third-order valence-corrected chi connectivity index (χ3v) is 25.2. The quantitative estimate of drug-likeness (QED) is 0.00732.